The number of thioether (sulfide) groups is 1. The molecule has 2 N–H and O–H groups in total. The van der Waals surface area contributed by atoms with E-state index in [0.717, 1.165) is 35.7 Å². The van der Waals surface area contributed by atoms with E-state index in [9.17, 15) is 8.42 Å². The maximum Gasteiger partial charge on any atom is 0.250 e. The quantitative estimate of drug-likeness (QED) is 0.728. The zero-order valence-corrected chi connectivity index (χ0v) is 15.0. The molecule has 0 aliphatic rings. The highest BCUT2D eigenvalue weighted by Gasteiger charge is 2.22. The average Bonchev–Trinajstić information content (AvgIpc) is 2.78. The maximum absolute atomic E-state index is 12.4. The van der Waals surface area contributed by atoms with E-state index in [1.165, 1.54) is 11.3 Å². The minimum Gasteiger partial charge on any atom is -0.312 e. The Bertz CT molecular complexity index is 512. The summed E-state index contributed by atoms with van der Waals surface area (Å²) in [6, 6.07) is 1.76. The normalized spacial score (nSPS) is 13.6. The first-order valence-corrected chi connectivity index (χ1v) is 10.4. The zero-order chi connectivity index (χ0) is 15.2. The van der Waals surface area contributed by atoms with Crippen molar-refractivity contribution in [2.75, 3.05) is 18.6 Å². The van der Waals surface area contributed by atoms with Crippen LogP contribution in [0, 0.1) is 6.92 Å². The first-order valence-electron chi connectivity index (χ1n) is 6.75. The molecule has 0 bridgehead atoms. The molecule has 7 heteroatoms. The fourth-order valence-electron chi connectivity index (χ4n) is 1.75. The summed E-state index contributed by atoms with van der Waals surface area (Å²) in [5.74, 6) is 0.796. The molecule has 0 saturated carbocycles. The number of aryl methyl sites for hydroxylation is 1. The minimum absolute atomic E-state index is 0.00498. The topological polar surface area (TPSA) is 58.2 Å². The van der Waals surface area contributed by atoms with Crippen LogP contribution in [-0.2, 0) is 16.6 Å². The number of thiophene rings is 1. The van der Waals surface area contributed by atoms with Crippen LogP contribution in [0.15, 0.2) is 10.3 Å². The molecule has 1 aromatic rings. The highest BCUT2D eigenvalue weighted by molar-refractivity contribution is 7.98. The van der Waals surface area contributed by atoms with Crippen LogP contribution in [0.5, 0.6) is 0 Å². The predicted molar refractivity (Wildman–Crippen MR) is 89.2 cm³/mol. The second kappa shape index (κ2) is 8.38. The molecule has 0 saturated heterocycles. The predicted octanol–water partition coefficient (Wildman–Crippen LogP) is 2.59. The van der Waals surface area contributed by atoms with Crippen LogP contribution in [-0.4, -0.2) is 33.0 Å². The second-order valence-corrected chi connectivity index (χ2v) is 8.62. The van der Waals surface area contributed by atoms with Crippen molar-refractivity contribution in [2.24, 2.45) is 0 Å². The SMILES string of the molecule is CCNCc1sc(S(=O)(=O)NC(CC)CSC)cc1C. The van der Waals surface area contributed by atoms with Crippen LogP contribution < -0.4 is 10.0 Å². The van der Waals surface area contributed by atoms with E-state index in [1.807, 2.05) is 27.0 Å². The van der Waals surface area contributed by atoms with Gasteiger partial charge in [-0.15, -0.1) is 11.3 Å². The van der Waals surface area contributed by atoms with Crippen LogP contribution in [0.25, 0.3) is 0 Å². The summed E-state index contributed by atoms with van der Waals surface area (Å²) in [6.07, 6.45) is 2.79. The molecule has 0 radical (unpaired) electrons. The van der Waals surface area contributed by atoms with E-state index >= 15 is 0 Å². The molecule has 0 aromatic carbocycles. The smallest absolute Gasteiger partial charge is 0.250 e. The lowest BCUT2D eigenvalue weighted by Gasteiger charge is -2.14. The summed E-state index contributed by atoms with van der Waals surface area (Å²) in [7, 11) is -3.39. The minimum atomic E-state index is -3.39. The molecule has 0 spiro atoms. The molecule has 20 heavy (non-hydrogen) atoms. The van der Waals surface area contributed by atoms with Crippen molar-refractivity contribution in [2.45, 2.75) is 44.0 Å². The number of hydrogen-bond acceptors (Lipinski definition) is 5. The molecule has 1 heterocycles. The molecule has 1 unspecified atom stereocenters. The fourth-order valence-corrected chi connectivity index (χ4v) is 5.47. The summed E-state index contributed by atoms with van der Waals surface area (Å²) in [6.45, 7) is 7.60. The molecule has 1 atom stereocenters. The molecular weight excluding hydrogens is 312 g/mol. The van der Waals surface area contributed by atoms with Gasteiger partial charge in [0.2, 0.25) is 10.0 Å². The highest BCUT2D eigenvalue weighted by atomic mass is 32.2. The van der Waals surface area contributed by atoms with Gasteiger partial charge in [-0.25, -0.2) is 13.1 Å². The van der Waals surface area contributed by atoms with Gasteiger partial charge < -0.3 is 5.32 Å². The van der Waals surface area contributed by atoms with Crippen molar-refractivity contribution in [3.63, 3.8) is 0 Å². The Morgan fingerprint density at radius 3 is 2.65 bits per heavy atom. The van der Waals surface area contributed by atoms with Gasteiger partial charge in [-0.05, 0) is 37.8 Å². The summed E-state index contributed by atoms with van der Waals surface area (Å²) in [5, 5.41) is 3.23. The van der Waals surface area contributed by atoms with Crippen LogP contribution >= 0.6 is 23.1 Å². The Labute approximate surface area is 130 Å². The highest BCUT2D eigenvalue weighted by Crippen LogP contribution is 2.26. The van der Waals surface area contributed by atoms with Gasteiger partial charge in [0, 0.05) is 23.2 Å². The summed E-state index contributed by atoms with van der Waals surface area (Å²) >= 11 is 3.01. The van der Waals surface area contributed by atoms with Crippen LogP contribution in [0.4, 0.5) is 0 Å². The monoisotopic (exact) mass is 336 g/mol. The van der Waals surface area contributed by atoms with Gasteiger partial charge in [0.1, 0.15) is 4.21 Å². The molecule has 116 valence electrons. The van der Waals surface area contributed by atoms with Gasteiger partial charge in [-0.2, -0.15) is 11.8 Å². The molecule has 1 aromatic heterocycles. The van der Waals surface area contributed by atoms with Crippen molar-refractivity contribution in [1.29, 1.82) is 0 Å². The van der Waals surface area contributed by atoms with Crippen LogP contribution in [0.3, 0.4) is 0 Å². The largest absolute Gasteiger partial charge is 0.312 e. The average molecular weight is 337 g/mol. The summed E-state index contributed by atoms with van der Waals surface area (Å²) < 4.78 is 28.0. The van der Waals surface area contributed by atoms with E-state index < -0.39 is 10.0 Å². The van der Waals surface area contributed by atoms with Crippen LogP contribution in [0.2, 0.25) is 0 Å². The first kappa shape index (κ1) is 18.0. The third kappa shape index (κ3) is 5.04. The Hall–Kier alpha value is -0.0800. The number of nitrogens with one attached hydrogen (secondary N) is 2. The molecule has 0 amide bonds. The lowest BCUT2D eigenvalue weighted by Crippen LogP contribution is -2.35. The van der Waals surface area contributed by atoms with Gasteiger partial charge in [-0.1, -0.05) is 13.8 Å². The van der Waals surface area contributed by atoms with Gasteiger partial charge >= 0.3 is 0 Å². The number of hydrogen-bond donors (Lipinski definition) is 2. The Kier molecular flexibility index (Phi) is 7.53. The van der Waals surface area contributed by atoms with Crippen LogP contribution in [0.1, 0.15) is 30.7 Å². The van der Waals surface area contributed by atoms with Crippen molar-refractivity contribution >= 4 is 33.1 Å². The zero-order valence-electron chi connectivity index (χ0n) is 12.5. The van der Waals surface area contributed by atoms with E-state index in [-0.39, 0.29) is 6.04 Å². The second-order valence-electron chi connectivity index (χ2n) is 4.63. The van der Waals surface area contributed by atoms with E-state index in [1.54, 1.807) is 17.8 Å². The van der Waals surface area contributed by atoms with Gasteiger partial charge in [0.15, 0.2) is 0 Å². The molecular formula is C13H24N2O2S3. The molecule has 0 aliphatic carbocycles. The molecule has 1 rings (SSSR count). The third-order valence-electron chi connectivity index (χ3n) is 2.98. The van der Waals surface area contributed by atoms with Crippen molar-refractivity contribution in [3.8, 4) is 0 Å². The standard InChI is InChI=1S/C13H24N2O2S3/c1-5-11(9-18-4)15-20(16,17)13-7-10(3)12(19-13)8-14-6-2/h7,11,14-15H,5-6,8-9H2,1-4H3. The summed E-state index contributed by atoms with van der Waals surface area (Å²) in [4.78, 5) is 1.09. The number of rotatable bonds is 9. The molecule has 0 aliphatic heterocycles. The Morgan fingerprint density at radius 2 is 2.10 bits per heavy atom. The van der Waals surface area contributed by atoms with E-state index in [0.29, 0.717) is 4.21 Å². The molecule has 4 nitrogen and oxygen atoms in total. The Balaban J connectivity index is 2.86. The Morgan fingerprint density at radius 1 is 1.40 bits per heavy atom. The lowest BCUT2D eigenvalue weighted by molar-refractivity contribution is 0.560. The summed E-state index contributed by atoms with van der Waals surface area (Å²) in [5.41, 5.74) is 1.04. The van der Waals surface area contributed by atoms with Crippen molar-refractivity contribution in [1.82, 2.24) is 10.0 Å². The fraction of sp³-hybridized carbons (Fsp3) is 0.692. The molecule has 0 fully saturated rings. The lowest BCUT2D eigenvalue weighted by atomic mass is 10.3. The van der Waals surface area contributed by atoms with Gasteiger partial charge in [0.05, 0.1) is 0 Å². The van der Waals surface area contributed by atoms with Crippen molar-refractivity contribution in [3.05, 3.63) is 16.5 Å². The van der Waals surface area contributed by atoms with Crippen molar-refractivity contribution < 1.29 is 8.42 Å². The van der Waals surface area contributed by atoms with E-state index in [2.05, 4.69) is 10.0 Å². The first-order chi connectivity index (χ1) is 9.44. The van der Waals surface area contributed by atoms with Gasteiger partial charge in [0.25, 0.3) is 0 Å². The number of sulfonamides is 1. The van der Waals surface area contributed by atoms with Gasteiger partial charge in [-0.3, -0.25) is 0 Å². The third-order valence-corrected chi connectivity index (χ3v) is 6.95. The van der Waals surface area contributed by atoms with E-state index in [4.69, 9.17) is 0 Å². The maximum atomic E-state index is 12.4.